The summed E-state index contributed by atoms with van der Waals surface area (Å²) in [5, 5.41) is 3.01. The number of nitrogens with zero attached hydrogens (tertiary/aromatic N) is 1. The molecule has 0 unspecified atom stereocenters. The molecule has 1 fully saturated rings. The van der Waals surface area contributed by atoms with Crippen molar-refractivity contribution in [1.82, 2.24) is 9.88 Å². The molecule has 0 bridgehead atoms. The van der Waals surface area contributed by atoms with Crippen LogP contribution in [-0.4, -0.2) is 28.9 Å². The molecule has 3 aromatic rings. The first-order valence-corrected chi connectivity index (χ1v) is 11.1. The van der Waals surface area contributed by atoms with Gasteiger partial charge >= 0.3 is 0 Å². The number of aromatic nitrogens is 1. The maximum atomic E-state index is 14.5. The minimum absolute atomic E-state index is 0.00974. The van der Waals surface area contributed by atoms with Crippen LogP contribution in [0.1, 0.15) is 40.2 Å². The first kappa shape index (κ1) is 22.4. The number of carbonyl (C=O) groups is 1. The van der Waals surface area contributed by atoms with Gasteiger partial charge in [0.1, 0.15) is 10.5 Å². The van der Waals surface area contributed by atoms with Crippen molar-refractivity contribution in [2.45, 2.75) is 25.7 Å². The van der Waals surface area contributed by atoms with E-state index in [1.807, 2.05) is 0 Å². The van der Waals surface area contributed by atoms with Crippen LogP contribution in [0.15, 0.2) is 48.7 Å². The van der Waals surface area contributed by atoms with Crippen molar-refractivity contribution in [2.24, 2.45) is 0 Å². The molecule has 0 atom stereocenters. The topological polar surface area (TPSA) is 48.1 Å². The van der Waals surface area contributed by atoms with E-state index in [2.05, 4.69) is 10.3 Å². The largest absolute Gasteiger partial charge is 0.352 e. The average molecular weight is 474 g/mol. The molecule has 2 heterocycles. The van der Waals surface area contributed by atoms with Crippen LogP contribution in [0.5, 0.6) is 0 Å². The van der Waals surface area contributed by atoms with E-state index < -0.39 is 5.82 Å². The van der Waals surface area contributed by atoms with Gasteiger partial charge in [-0.05, 0) is 55.5 Å². The van der Waals surface area contributed by atoms with Crippen molar-refractivity contribution in [1.29, 1.82) is 0 Å². The number of halogens is 3. The average Bonchev–Trinajstić information content (AvgIpc) is 2.80. The second kappa shape index (κ2) is 9.38. The van der Waals surface area contributed by atoms with Crippen LogP contribution in [0.25, 0.3) is 0 Å². The highest BCUT2D eigenvalue weighted by molar-refractivity contribution is 7.71. The zero-order valence-corrected chi connectivity index (χ0v) is 19.0. The zero-order valence-electron chi connectivity index (χ0n) is 17.4. The standard InChI is InChI=1S/C24H22ClF2N3OS/c1-14-22(29-20-4-2-3-19(25)21(20)27)18(13-28-23(14)32)24(31)30-11-9-16(10-12-30)15-5-7-17(26)8-6-15/h2-8,13,16H,9-12H2,1H3,(H2,28,29,32). The smallest absolute Gasteiger partial charge is 0.257 e. The fourth-order valence-corrected chi connectivity index (χ4v) is 4.36. The van der Waals surface area contributed by atoms with Crippen LogP contribution in [0.2, 0.25) is 5.02 Å². The summed E-state index contributed by atoms with van der Waals surface area (Å²) >= 11 is 11.2. The Hall–Kier alpha value is -2.77. The molecule has 0 saturated carbocycles. The Balaban J connectivity index is 1.56. The third kappa shape index (κ3) is 4.54. The molecule has 1 aliphatic heterocycles. The van der Waals surface area contributed by atoms with Crippen LogP contribution >= 0.6 is 23.8 Å². The minimum Gasteiger partial charge on any atom is -0.352 e. The van der Waals surface area contributed by atoms with Crippen LogP contribution < -0.4 is 5.32 Å². The Morgan fingerprint density at radius 2 is 1.84 bits per heavy atom. The number of benzene rings is 2. The number of hydrogen-bond donors (Lipinski definition) is 2. The van der Waals surface area contributed by atoms with Crippen molar-refractivity contribution in [3.05, 3.63) is 86.6 Å². The molecule has 1 amide bonds. The maximum Gasteiger partial charge on any atom is 0.257 e. The zero-order chi connectivity index (χ0) is 22.8. The number of H-pyrrole nitrogens is 1. The van der Waals surface area contributed by atoms with Gasteiger partial charge in [-0.25, -0.2) is 8.78 Å². The monoisotopic (exact) mass is 473 g/mol. The molecule has 0 spiro atoms. The molecule has 8 heteroatoms. The number of piperidine rings is 1. The second-order valence-corrected chi connectivity index (χ2v) is 8.69. The summed E-state index contributed by atoms with van der Waals surface area (Å²) in [5.41, 5.74) is 2.74. The van der Waals surface area contributed by atoms with Gasteiger partial charge in [-0.1, -0.05) is 42.0 Å². The van der Waals surface area contributed by atoms with E-state index in [4.69, 9.17) is 23.8 Å². The Kier molecular flexibility index (Phi) is 6.58. The van der Waals surface area contributed by atoms with Gasteiger partial charge in [0.15, 0.2) is 5.82 Å². The summed E-state index contributed by atoms with van der Waals surface area (Å²) in [6, 6.07) is 11.2. The summed E-state index contributed by atoms with van der Waals surface area (Å²) in [6.45, 7) is 2.92. The predicted molar refractivity (Wildman–Crippen MR) is 125 cm³/mol. The maximum absolute atomic E-state index is 14.5. The molecule has 2 aromatic carbocycles. The highest BCUT2D eigenvalue weighted by atomic mass is 35.5. The second-order valence-electron chi connectivity index (χ2n) is 7.88. The molecular weight excluding hydrogens is 452 g/mol. The van der Waals surface area contributed by atoms with Crippen molar-refractivity contribution in [3.63, 3.8) is 0 Å². The molecule has 32 heavy (non-hydrogen) atoms. The van der Waals surface area contributed by atoms with Crippen LogP contribution in [0.3, 0.4) is 0 Å². The lowest BCUT2D eigenvalue weighted by Gasteiger charge is -2.33. The highest BCUT2D eigenvalue weighted by Crippen LogP contribution is 2.32. The fourth-order valence-electron chi connectivity index (χ4n) is 4.02. The number of aromatic amines is 1. The van der Waals surface area contributed by atoms with E-state index in [1.54, 1.807) is 42.3 Å². The first-order chi connectivity index (χ1) is 15.3. The number of pyridine rings is 1. The molecule has 1 saturated heterocycles. The number of anilines is 2. The predicted octanol–water partition coefficient (Wildman–Crippen LogP) is 6.75. The first-order valence-electron chi connectivity index (χ1n) is 10.3. The van der Waals surface area contributed by atoms with Gasteiger partial charge in [0.05, 0.1) is 22.0 Å². The van der Waals surface area contributed by atoms with E-state index in [-0.39, 0.29) is 28.4 Å². The number of likely N-dealkylation sites (tertiary alicyclic amines) is 1. The van der Waals surface area contributed by atoms with E-state index in [0.717, 1.165) is 18.4 Å². The Morgan fingerprint density at radius 1 is 1.16 bits per heavy atom. The molecule has 1 aromatic heterocycles. The van der Waals surface area contributed by atoms with Gasteiger partial charge in [-0.3, -0.25) is 4.79 Å². The van der Waals surface area contributed by atoms with Crippen molar-refractivity contribution < 1.29 is 13.6 Å². The SMILES string of the molecule is Cc1c(Nc2cccc(Cl)c2F)c(C(=O)N2CCC(c3ccc(F)cc3)CC2)c[nH]c1=S. The Morgan fingerprint density at radius 3 is 2.53 bits per heavy atom. The Labute approximate surface area is 195 Å². The van der Waals surface area contributed by atoms with Crippen molar-refractivity contribution in [3.8, 4) is 0 Å². The third-order valence-corrected chi connectivity index (χ3v) is 6.61. The molecule has 0 aliphatic carbocycles. The van der Waals surface area contributed by atoms with Crippen molar-refractivity contribution >= 4 is 41.1 Å². The normalized spacial score (nSPS) is 14.4. The van der Waals surface area contributed by atoms with Crippen LogP contribution in [-0.2, 0) is 0 Å². The highest BCUT2D eigenvalue weighted by Gasteiger charge is 2.27. The quantitative estimate of drug-likeness (QED) is 0.412. The lowest BCUT2D eigenvalue weighted by molar-refractivity contribution is 0.0713. The number of nitrogens with one attached hydrogen (secondary N) is 2. The van der Waals surface area contributed by atoms with E-state index in [1.165, 1.54) is 18.2 Å². The molecule has 4 rings (SSSR count). The van der Waals surface area contributed by atoms with Gasteiger partial charge in [0.2, 0.25) is 0 Å². The van der Waals surface area contributed by atoms with Gasteiger partial charge in [0.25, 0.3) is 5.91 Å². The van der Waals surface area contributed by atoms with Gasteiger partial charge < -0.3 is 15.2 Å². The molecule has 166 valence electrons. The number of hydrogen-bond acceptors (Lipinski definition) is 3. The Bertz CT molecular complexity index is 1200. The summed E-state index contributed by atoms with van der Waals surface area (Å²) in [7, 11) is 0. The number of rotatable bonds is 4. The van der Waals surface area contributed by atoms with Gasteiger partial charge in [-0.15, -0.1) is 0 Å². The summed E-state index contributed by atoms with van der Waals surface area (Å²) in [6.07, 6.45) is 3.13. The summed E-state index contributed by atoms with van der Waals surface area (Å²) in [5.74, 6) is -0.733. The fraction of sp³-hybridized carbons (Fsp3) is 0.250. The van der Waals surface area contributed by atoms with E-state index >= 15 is 0 Å². The van der Waals surface area contributed by atoms with E-state index in [9.17, 15) is 13.6 Å². The minimum atomic E-state index is -0.592. The summed E-state index contributed by atoms with van der Waals surface area (Å²) in [4.78, 5) is 18.1. The van der Waals surface area contributed by atoms with Gasteiger partial charge in [-0.2, -0.15) is 0 Å². The van der Waals surface area contributed by atoms with Crippen molar-refractivity contribution in [2.75, 3.05) is 18.4 Å². The molecule has 2 N–H and O–H groups in total. The molecule has 4 nitrogen and oxygen atoms in total. The van der Waals surface area contributed by atoms with E-state index in [0.29, 0.717) is 34.5 Å². The van der Waals surface area contributed by atoms with Crippen LogP contribution in [0, 0.1) is 23.2 Å². The lowest BCUT2D eigenvalue weighted by Crippen LogP contribution is -2.38. The lowest BCUT2D eigenvalue weighted by atomic mass is 9.89. The van der Waals surface area contributed by atoms with Gasteiger partial charge in [0, 0.05) is 24.8 Å². The summed E-state index contributed by atoms with van der Waals surface area (Å²) < 4.78 is 28.2. The molecule has 0 radical (unpaired) electrons. The number of amides is 1. The third-order valence-electron chi connectivity index (χ3n) is 5.90. The number of carbonyl (C=O) groups excluding carboxylic acids is 1. The van der Waals surface area contributed by atoms with Crippen LogP contribution in [0.4, 0.5) is 20.2 Å². The molecular formula is C24H22ClF2N3OS. The molecule has 1 aliphatic rings.